The molecule has 0 radical (unpaired) electrons. The van der Waals surface area contributed by atoms with Gasteiger partial charge in [0.05, 0.1) is 25.6 Å². The number of aryl methyl sites for hydroxylation is 2. The van der Waals surface area contributed by atoms with Gasteiger partial charge in [-0.05, 0) is 59.0 Å². The fourth-order valence-corrected chi connectivity index (χ4v) is 6.24. The second-order valence-corrected chi connectivity index (χ2v) is 10.3. The average Bonchev–Trinajstić information content (AvgIpc) is 3.23. The van der Waals surface area contributed by atoms with E-state index in [9.17, 15) is 12.8 Å². The fraction of sp³-hybridized carbons (Fsp3) is 0.217. The number of halogens is 3. The monoisotopic (exact) mass is 565 g/mol. The number of nitrogens with zero attached hydrogens (tertiary/aromatic N) is 2. The van der Waals surface area contributed by atoms with Crippen LogP contribution in [0.5, 0.6) is 11.5 Å². The molecule has 0 saturated carbocycles. The van der Waals surface area contributed by atoms with Crippen LogP contribution in [0, 0.1) is 11.8 Å². The lowest BCUT2D eigenvalue weighted by Gasteiger charge is -2.18. The number of ether oxygens (including phenoxy) is 2. The van der Waals surface area contributed by atoms with E-state index in [4.69, 9.17) is 14.0 Å². The third-order valence-electron chi connectivity index (χ3n) is 5.83. The number of anilines is 1. The molecule has 12 heteroatoms. The maximum absolute atomic E-state index is 15.1. The highest BCUT2D eigenvalue weighted by Gasteiger charge is 2.29. The first-order chi connectivity index (χ1) is 16.7. The van der Waals surface area contributed by atoms with E-state index >= 15 is 4.39 Å². The van der Waals surface area contributed by atoms with Crippen molar-refractivity contribution >= 4 is 42.6 Å². The lowest BCUT2D eigenvalue weighted by atomic mass is 9.96. The highest BCUT2D eigenvalue weighted by Crippen LogP contribution is 2.42. The highest BCUT2D eigenvalue weighted by atomic mass is 79.9. The van der Waals surface area contributed by atoms with Crippen LogP contribution in [0.3, 0.4) is 0 Å². The molecule has 2 aromatic heterocycles. The van der Waals surface area contributed by atoms with Crippen molar-refractivity contribution in [1.29, 1.82) is 0 Å². The van der Waals surface area contributed by atoms with Crippen molar-refractivity contribution in [3.05, 3.63) is 58.0 Å². The fourth-order valence-electron chi connectivity index (χ4n) is 4.19. The molecule has 0 atom stereocenters. The number of benzene rings is 2. The van der Waals surface area contributed by atoms with Gasteiger partial charge in [0.15, 0.2) is 11.3 Å². The Kier molecular flexibility index (Phi) is 5.88. The molecule has 0 fully saturated rings. The largest absolute Gasteiger partial charge is 0.494 e. The summed E-state index contributed by atoms with van der Waals surface area (Å²) >= 11 is 3.37. The molecule has 0 spiro atoms. The van der Waals surface area contributed by atoms with Crippen LogP contribution in [-0.2, 0) is 22.9 Å². The Morgan fingerprint density at radius 2 is 1.89 bits per heavy atom. The molecule has 182 valence electrons. The van der Waals surface area contributed by atoms with Crippen LogP contribution in [0.4, 0.5) is 14.5 Å². The molecular formula is C23H18BrF2N3O5S. The average molecular weight is 566 g/mol. The van der Waals surface area contributed by atoms with Crippen molar-refractivity contribution in [2.24, 2.45) is 0 Å². The van der Waals surface area contributed by atoms with E-state index in [1.807, 2.05) is 0 Å². The molecule has 1 N–H and O–H groups in total. The van der Waals surface area contributed by atoms with Gasteiger partial charge in [0.25, 0.3) is 10.0 Å². The van der Waals surface area contributed by atoms with Crippen LogP contribution >= 0.6 is 15.9 Å². The first-order valence-electron chi connectivity index (χ1n) is 10.4. The van der Waals surface area contributed by atoms with Crippen molar-refractivity contribution in [3.8, 4) is 22.6 Å². The van der Waals surface area contributed by atoms with Crippen LogP contribution in [0.15, 0.2) is 44.4 Å². The summed E-state index contributed by atoms with van der Waals surface area (Å²) in [4.78, 5) is 3.51. The maximum Gasteiger partial charge on any atom is 0.265 e. The number of aromatic nitrogens is 2. The summed E-state index contributed by atoms with van der Waals surface area (Å²) in [6, 6.07) is 5.05. The zero-order valence-electron chi connectivity index (χ0n) is 18.5. The lowest BCUT2D eigenvalue weighted by molar-refractivity contribution is 0.396. The minimum absolute atomic E-state index is 0.0138. The molecule has 5 rings (SSSR count). The number of nitrogens with one attached hydrogen (secondary N) is 1. The maximum atomic E-state index is 15.1. The molecule has 3 heterocycles. The molecular weight excluding hydrogens is 548 g/mol. The first-order valence-corrected chi connectivity index (χ1v) is 12.7. The van der Waals surface area contributed by atoms with Crippen LogP contribution in [0.1, 0.15) is 17.7 Å². The lowest BCUT2D eigenvalue weighted by Crippen LogP contribution is -2.15. The van der Waals surface area contributed by atoms with Gasteiger partial charge in [-0.25, -0.2) is 17.8 Å². The number of methoxy groups -OCH3 is 2. The van der Waals surface area contributed by atoms with Crippen molar-refractivity contribution in [3.63, 3.8) is 0 Å². The van der Waals surface area contributed by atoms with Crippen molar-refractivity contribution in [2.45, 2.75) is 24.2 Å². The summed E-state index contributed by atoms with van der Waals surface area (Å²) in [5.41, 5.74) is 1.75. The Labute approximate surface area is 207 Å². The number of hydrogen-bond donors (Lipinski definition) is 1. The summed E-state index contributed by atoms with van der Waals surface area (Å²) in [6.07, 6.45) is 2.53. The van der Waals surface area contributed by atoms with Gasteiger partial charge in [-0.15, -0.1) is 0 Å². The normalized spacial score (nSPS) is 14.8. The Hall–Kier alpha value is -3.25. The SMILES string of the molecule is COc1cc(F)c2cc1NS(=O)(=O)c1cc3c(noc3c(Br)c1OC)CCCc1cc(F)ncc1-2. The Bertz CT molecular complexity index is 1590. The van der Waals surface area contributed by atoms with Gasteiger partial charge < -0.3 is 14.0 Å². The third kappa shape index (κ3) is 4.00. The van der Waals surface area contributed by atoms with Gasteiger partial charge in [-0.2, -0.15) is 4.39 Å². The summed E-state index contributed by atoms with van der Waals surface area (Å²) in [6.45, 7) is 0. The van der Waals surface area contributed by atoms with Crippen LogP contribution in [-0.4, -0.2) is 32.8 Å². The zero-order chi connectivity index (χ0) is 24.9. The second kappa shape index (κ2) is 8.76. The van der Waals surface area contributed by atoms with Crippen molar-refractivity contribution < 1.29 is 31.2 Å². The van der Waals surface area contributed by atoms with E-state index in [0.717, 1.165) is 6.07 Å². The predicted octanol–water partition coefficient (Wildman–Crippen LogP) is 5.24. The number of pyridine rings is 1. The number of sulfonamides is 1. The molecule has 4 bridgehead atoms. The van der Waals surface area contributed by atoms with Gasteiger partial charge >= 0.3 is 0 Å². The number of hydrogen-bond acceptors (Lipinski definition) is 7. The molecule has 0 saturated heterocycles. The standard InChI is InChI=1S/C23H18BrF2N3O5S/c1-32-18-9-15(25)12-7-17(18)29-35(30,31)19-8-13-16(28-34-22(13)21(24)23(19)33-2)5-3-4-11-6-20(26)27-10-14(11)12/h6-10,29H,3-5H2,1-2H3. The molecule has 0 amide bonds. The molecule has 35 heavy (non-hydrogen) atoms. The van der Waals surface area contributed by atoms with Crippen molar-refractivity contribution in [1.82, 2.24) is 10.1 Å². The number of fused-ring (bicyclic) bond motifs is 5. The Morgan fingerprint density at radius 3 is 2.63 bits per heavy atom. The van der Waals surface area contributed by atoms with Gasteiger partial charge in [0.1, 0.15) is 20.9 Å². The third-order valence-corrected chi connectivity index (χ3v) is 7.92. The van der Waals surface area contributed by atoms with Crippen molar-refractivity contribution in [2.75, 3.05) is 18.9 Å². The van der Waals surface area contributed by atoms with Crippen LogP contribution < -0.4 is 14.2 Å². The predicted molar refractivity (Wildman–Crippen MR) is 127 cm³/mol. The molecule has 0 aliphatic carbocycles. The highest BCUT2D eigenvalue weighted by molar-refractivity contribution is 9.10. The van der Waals surface area contributed by atoms with Gasteiger partial charge in [-0.1, -0.05) is 5.16 Å². The Balaban J connectivity index is 1.80. The molecule has 4 aromatic rings. The van der Waals surface area contributed by atoms with Crippen LogP contribution in [0.25, 0.3) is 22.1 Å². The van der Waals surface area contributed by atoms with E-state index in [1.165, 1.54) is 38.6 Å². The number of rotatable bonds is 2. The molecule has 0 unspecified atom stereocenters. The molecule has 1 aliphatic heterocycles. The summed E-state index contributed by atoms with van der Waals surface area (Å²) in [5, 5.41) is 4.60. The molecule has 1 aliphatic rings. The smallest absolute Gasteiger partial charge is 0.265 e. The topological polar surface area (TPSA) is 104 Å². The van der Waals surface area contributed by atoms with E-state index in [2.05, 4.69) is 30.8 Å². The van der Waals surface area contributed by atoms with E-state index in [1.54, 1.807) is 0 Å². The minimum Gasteiger partial charge on any atom is -0.494 e. The second-order valence-electron chi connectivity index (χ2n) is 7.88. The zero-order valence-corrected chi connectivity index (χ0v) is 20.9. The van der Waals surface area contributed by atoms with Crippen LogP contribution in [0.2, 0.25) is 0 Å². The Morgan fingerprint density at radius 1 is 1.09 bits per heavy atom. The first kappa shape index (κ1) is 23.5. The molecule has 2 aromatic carbocycles. The van der Waals surface area contributed by atoms with E-state index in [0.29, 0.717) is 47.1 Å². The van der Waals surface area contributed by atoms with Gasteiger partial charge in [-0.3, -0.25) is 4.72 Å². The van der Waals surface area contributed by atoms with E-state index < -0.39 is 21.8 Å². The summed E-state index contributed by atoms with van der Waals surface area (Å²) < 4.78 is 75.1. The quantitative estimate of drug-likeness (QED) is 0.331. The summed E-state index contributed by atoms with van der Waals surface area (Å²) in [7, 11) is -1.64. The summed E-state index contributed by atoms with van der Waals surface area (Å²) in [5.74, 6) is -1.39. The van der Waals surface area contributed by atoms with Gasteiger partial charge in [0, 0.05) is 28.8 Å². The van der Waals surface area contributed by atoms with Gasteiger partial charge in [0.2, 0.25) is 5.95 Å². The molecule has 8 nitrogen and oxygen atoms in total. The van der Waals surface area contributed by atoms with E-state index in [-0.39, 0.29) is 32.1 Å². The minimum atomic E-state index is -4.27.